The summed E-state index contributed by atoms with van der Waals surface area (Å²) in [4.78, 5) is 18.6. The molecule has 2 N–H and O–H groups in total. The molecule has 2 aromatic rings. The molecule has 1 aliphatic heterocycles. The largest absolute Gasteiger partial charge is 0.497 e. The Morgan fingerprint density at radius 3 is 2.52 bits per heavy atom. The quantitative estimate of drug-likeness (QED) is 0.825. The van der Waals surface area contributed by atoms with Crippen molar-refractivity contribution in [1.82, 2.24) is 20.5 Å². The Labute approximate surface area is 159 Å². The summed E-state index contributed by atoms with van der Waals surface area (Å²) in [5.41, 5.74) is 2.79. The number of carbonyl (C=O) groups is 1. The van der Waals surface area contributed by atoms with Gasteiger partial charge in [0.25, 0.3) is 0 Å². The third-order valence-electron chi connectivity index (χ3n) is 5.58. The van der Waals surface area contributed by atoms with Crippen LogP contribution in [0.3, 0.4) is 0 Å². The summed E-state index contributed by atoms with van der Waals surface area (Å²) >= 11 is 0. The Morgan fingerprint density at radius 1 is 1.15 bits per heavy atom. The fraction of sp³-hybridized carbons (Fsp3) is 0.429. The molecule has 1 saturated heterocycles. The average molecular weight is 366 g/mol. The minimum atomic E-state index is -0.0846. The van der Waals surface area contributed by atoms with Gasteiger partial charge in [-0.1, -0.05) is 12.1 Å². The Bertz CT molecular complexity index is 765. The number of aromatic nitrogens is 1. The van der Waals surface area contributed by atoms with Gasteiger partial charge < -0.3 is 15.4 Å². The van der Waals surface area contributed by atoms with Crippen LogP contribution in [-0.4, -0.2) is 42.2 Å². The molecule has 2 amide bonds. The van der Waals surface area contributed by atoms with Crippen LogP contribution in [0.25, 0.3) is 0 Å². The molecule has 0 unspecified atom stereocenters. The zero-order valence-electron chi connectivity index (χ0n) is 15.6. The van der Waals surface area contributed by atoms with E-state index in [0.29, 0.717) is 18.0 Å². The summed E-state index contributed by atoms with van der Waals surface area (Å²) in [5, 5.41) is 6.03. The molecular formula is C21H26N4O2. The first-order valence-corrected chi connectivity index (χ1v) is 9.43. The molecule has 0 bridgehead atoms. The van der Waals surface area contributed by atoms with Crippen LogP contribution in [0.2, 0.25) is 0 Å². The van der Waals surface area contributed by atoms with Crippen molar-refractivity contribution < 1.29 is 9.53 Å². The van der Waals surface area contributed by atoms with Gasteiger partial charge in [-0.2, -0.15) is 0 Å². The van der Waals surface area contributed by atoms with Gasteiger partial charge in [-0.25, -0.2) is 4.79 Å². The molecule has 1 aromatic carbocycles. The fourth-order valence-corrected chi connectivity index (χ4v) is 4.27. The predicted octanol–water partition coefficient (Wildman–Crippen LogP) is 2.55. The van der Waals surface area contributed by atoms with Crippen LogP contribution in [0.5, 0.6) is 5.75 Å². The maximum atomic E-state index is 12.1. The first-order valence-electron chi connectivity index (χ1n) is 9.43. The first kappa shape index (κ1) is 17.8. The third-order valence-corrected chi connectivity index (χ3v) is 5.58. The molecule has 27 heavy (non-hydrogen) atoms. The molecule has 6 heteroatoms. The van der Waals surface area contributed by atoms with Crippen LogP contribution >= 0.6 is 0 Å². The smallest absolute Gasteiger partial charge is 0.315 e. The molecule has 142 valence electrons. The number of nitrogens with zero attached hydrogens (tertiary/aromatic N) is 2. The Kier molecular flexibility index (Phi) is 4.99. The maximum Gasteiger partial charge on any atom is 0.315 e. The van der Waals surface area contributed by atoms with E-state index in [-0.39, 0.29) is 6.03 Å². The van der Waals surface area contributed by atoms with E-state index >= 15 is 0 Å². The number of nitrogens with one attached hydrogen (secondary N) is 2. The number of methoxy groups -OCH3 is 1. The van der Waals surface area contributed by atoms with Crippen LogP contribution in [0, 0.1) is 5.41 Å². The van der Waals surface area contributed by atoms with E-state index in [0.717, 1.165) is 43.8 Å². The number of amides is 2. The van der Waals surface area contributed by atoms with Crippen LogP contribution in [0.15, 0.2) is 48.8 Å². The lowest BCUT2D eigenvalue weighted by Gasteiger charge is -2.59. The highest BCUT2D eigenvalue weighted by atomic mass is 16.5. The zero-order chi connectivity index (χ0) is 18.7. The summed E-state index contributed by atoms with van der Waals surface area (Å²) in [6.45, 7) is 3.76. The number of rotatable bonds is 6. The summed E-state index contributed by atoms with van der Waals surface area (Å²) < 4.78 is 5.14. The van der Waals surface area contributed by atoms with Crippen molar-refractivity contribution in [3.63, 3.8) is 0 Å². The first-order chi connectivity index (χ1) is 13.1. The molecule has 2 fully saturated rings. The van der Waals surface area contributed by atoms with E-state index in [9.17, 15) is 4.79 Å². The van der Waals surface area contributed by atoms with Gasteiger partial charge in [-0.3, -0.25) is 9.88 Å². The van der Waals surface area contributed by atoms with Gasteiger partial charge in [0.1, 0.15) is 5.75 Å². The predicted molar refractivity (Wildman–Crippen MR) is 103 cm³/mol. The maximum absolute atomic E-state index is 12.1. The van der Waals surface area contributed by atoms with Crippen LogP contribution in [0.4, 0.5) is 4.79 Å². The summed E-state index contributed by atoms with van der Waals surface area (Å²) in [6.07, 6.45) is 5.85. The van der Waals surface area contributed by atoms with Crippen molar-refractivity contribution >= 4 is 6.03 Å². The van der Waals surface area contributed by atoms with E-state index in [2.05, 4.69) is 32.7 Å². The number of pyridine rings is 1. The molecule has 1 aromatic heterocycles. The molecule has 2 heterocycles. The Balaban J connectivity index is 1.14. The number of urea groups is 1. The van der Waals surface area contributed by atoms with Gasteiger partial charge >= 0.3 is 6.03 Å². The normalized spacial score (nSPS) is 18.4. The molecule has 0 atom stereocenters. The lowest BCUT2D eigenvalue weighted by atomic mass is 9.60. The lowest BCUT2D eigenvalue weighted by molar-refractivity contribution is -0.0803. The number of hydrogen-bond acceptors (Lipinski definition) is 4. The lowest BCUT2D eigenvalue weighted by Crippen LogP contribution is -2.66. The standard InChI is InChI=1S/C21H26N4O2/c1-27-19-4-2-16(3-5-19)12-23-20(26)24-18-10-21(11-18)14-25(15-21)13-17-6-8-22-9-7-17/h2-9,18H,10-15H2,1H3,(H2,23,24,26). The fourth-order valence-electron chi connectivity index (χ4n) is 4.27. The molecule has 1 aliphatic carbocycles. The van der Waals surface area contributed by atoms with Gasteiger partial charge in [-0.05, 0) is 53.6 Å². The van der Waals surface area contributed by atoms with Crippen LogP contribution in [-0.2, 0) is 13.1 Å². The van der Waals surface area contributed by atoms with Gasteiger partial charge in [0.15, 0.2) is 0 Å². The minimum absolute atomic E-state index is 0.0846. The number of benzene rings is 1. The number of likely N-dealkylation sites (tertiary alicyclic amines) is 1. The second kappa shape index (κ2) is 7.56. The van der Waals surface area contributed by atoms with Crippen molar-refractivity contribution in [2.24, 2.45) is 5.41 Å². The van der Waals surface area contributed by atoms with Gasteiger partial charge in [0.2, 0.25) is 0 Å². The molecule has 0 radical (unpaired) electrons. The number of carbonyl (C=O) groups excluding carboxylic acids is 1. The summed E-state index contributed by atoms with van der Waals surface area (Å²) in [6, 6.07) is 12.1. The van der Waals surface area contributed by atoms with Crippen molar-refractivity contribution in [1.29, 1.82) is 0 Å². The highest BCUT2D eigenvalue weighted by Crippen LogP contribution is 2.48. The minimum Gasteiger partial charge on any atom is -0.497 e. The Morgan fingerprint density at radius 2 is 1.85 bits per heavy atom. The molecule has 2 aliphatic rings. The van der Waals surface area contributed by atoms with Crippen molar-refractivity contribution in [2.45, 2.75) is 32.0 Å². The van der Waals surface area contributed by atoms with Crippen molar-refractivity contribution in [2.75, 3.05) is 20.2 Å². The van der Waals surface area contributed by atoms with Crippen LogP contribution < -0.4 is 15.4 Å². The number of ether oxygens (including phenoxy) is 1. The summed E-state index contributed by atoms with van der Waals surface area (Å²) in [5.74, 6) is 0.821. The number of hydrogen-bond donors (Lipinski definition) is 2. The van der Waals surface area contributed by atoms with Crippen molar-refractivity contribution in [3.8, 4) is 5.75 Å². The second-order valence-electron chi connectivity index (χ2n) is 7.78. The monoisotopic (exact) mass is 366 g/mol. The van der Waals surface area contributed by atoms with Gasteiger partial charge in [0.05, 0.1) is 7.11 Å². The van der Waals surface area contributed by atoms with Gasteiger partial charge in [0, 0.05) is 44.6 Å². The molecule has 6 nitrogen and oxygen atoms in total. The third kappa shape index (κ3) is 4.22. The highest BCUT2D eigenvalue weighted by molar-refractivity contribution is 5.74. The highest BCUT2D eigenvalue weighted by Gasteiger charge is 2.52. The average Bonchev–Trinajstić information content (AvgIpc) is 2.64. The molecular weight excluding hydrogens is 340 g/mol. The molecule has 1 spiro atoms. The molecule has 1 saturated carbocycles. The molecule has 4 rings (SSSR count). The van der Waals surface area contributed by atoms with E-state index in [4.69, 9.17) is 4.74 Å². The van der Waals surface area contributed by atoms with Gasteiger partial charge in [-0.15, -0.1) is 0 Å². The van der Waals surface area contributed by atoms with E-state index in [1.54, 1.807) is 7.11 Å². The Hall–Kier alpha value is -2.60. The summed E-state index contributed by atoms with van der Waals surface area (Å²) in [7, 11) is 1.65. The van der Waals surface area contributed by atoms with E-state index in [1.165, 1.54) is 5.56 Å². The SMILES string of the molecule is COc1ccc(CNC(=O)NC2CC3(C2)CN(Cc2ccncc2)C3)cc1. The second-order valence-corrected chi connectivity index (χ2v) is 7.78. The van der Waals surface area contributed by atoms with Crippen LogP contribution in [0.1, 0.15) is 24.0 Å². The van der Waals surface area contributed by atoms with Crippen molar-refractivity contribution in [3.05, 3.63) is 59.9 Å². The van der Waals surface area contributed by atoms with E-state index < -0.39 is 0 Å². The topological polar surface area (TPSA) is 66.5 Å². The van der Waals surface area contributed by atoms with E-state index in [1.807, 2.05) is 36.7 Å². The zero-order valence-corrected chi connectivity index (χ0v) is 15.6.